The predicted molar refractivity (Wildman–Crippen MR) is 108 cm³/mol. The van der Waals surface area contributed by atoms with Crippen molar-refractivity contribution in [2.24, 2.45) is 0 Å². The van der Waals surface area contributed by atoms with Gasteiger partial charge in [0.05, 0.1) is 38.3 Å². The molecule has 1 aliphatic rings. The van der Waals surface area contributed by atoms with E-state index in [-0.39, 0.29) is 0 Å². The second-order valence-corrected chi connectivity index (χ2v) is 7.47. The molecule has 3 aromatic heterocycles. The fraction of sp³-hybridized carbons (Fsp3) is 0.556. The molecule has 1 aliphatic heterocycles. The van der Waals surface area contributed by atoms with Crippen LogP contribution in [0.3, 0.4) is 0 Å². The number of likely N-dealkylation sites (N-methyl/N-ethyl adjacent to an activating group) is 1. The predicted octanol–water partition coefficient (Wildman–Crippen LogP) is 1.49. The summed E-state index contributed by atoms with van der Waals surface area (Å²) in [5, 5.41) is 12.3. The Morgan fingerprint density at radius 3 is 2.86 bits per heavy atom. The summed E-state index contributed by atoms with van der Waals surface area (Å²) in [6.45, 7) is 4.38. The molecule has 0 aliphatic carbocycles. The highest BCUT2D eigenvalue weighted by molar-refractivity contribution is 5.72. The number of halogens is 1. The normalized spacial score (nSPS) is 16.9. The minimum absolute atomic E-state index is 0.296. The average molecular weight is 403 g/mol. The third kappa shape index (κ3) is 3.95. The fourth-order valence-corrected chi connectivity index (χ4v) is 3.28. The maximum Gasteiger partial charge on any atom is 0.256 e. The Hall–Kier alpha value is -2.95. The second-order valence-electron chi connectivity index (χ2n) is 7.47. The molecule has 10 nitrogen and oxygen atoms in total. The van der Waals surface area contributed by atoms with Crippen LogP contribution in [-0.4, -0.2) is 81.3 Å². The van der Waals surface area contributed by atoms with E-state index in [2.05, 4.69) is 30.4 Å². The van der Waals surface area contributed by atoms with Crippen molar-refractivity contribution < 1.29 is 9.13 Å². The molecule has 0 spiro atoms. The lowest BCUT2D eigenvalue weighted by Crippen LogP contribution is -2.24. The van der Waals surface area contributed by atoms with Crippen LogP contribution in [0.25, 0.3) is 5.65 Å². The minimum Gasteiger partial charge on any atom is -0.478 e. The number of alkyl halides is 1. The quantitative estimate of drug-likeness (QED) is 0.635. The van der Waals surface area contributed by atoms with Gasteiger partial charge in [-0.3, -0.25) is 4.68 Å². The molecule has 1 unspecified atom stereocenters. The number of rotatable bonds is 7. The van der Waals surface area contributed by atoms with Crippen LogP contribution in [0.4, 0.5) is 21.8 Å². The van der Waals surface area contributed by atoms with Crippen LogP contribution in [0.1, 0.15) is 12.1 Å². The molecule has 0 saturated carbocycles. The molecule has 0 radical (unpaired) electrons. The van der Waals surface area contributed by atoms with Crippen LogP contribution in [0.5, 0.6) is 5.88 Å². The summed E-state index contributed by atoms with van der Waals surface area (Å²) >= 11 is 0. The van der Waals surface area contributed by atoms with E-state index in [9.17, 15) is 4.39 Å². The van der Waals surface area contributed by atoms with Crippen LogP contribution in [0.15, 0.2) is 12.4 Å². The number of methoxy groups -OCH3 is 1. The largest absolute Gasteiger partial charge is 0.478 e. The highest BCUT2D eigenvalue weighted by atomic mass is 19.1. The SMILES string of the molecule is COc1nn(CCN(C)C)cc1Nc1nc(N2CCC(F)C2)nn2c(C)cnc12. The molecule has 1 atom stereocenters. The van der Waals surface area contributed by atoms with Gasteiger partial charge in [-0.2, -0.15) is 4.98 Å². The summed E-state index contributed by atoms with van der Waals surface area (Å²) in [4.78, 5) is 13.0. The number of aryl methyl sites for hydroxylation is 1. The van der Waals surface area contributed by atoms with Crippen molar-refractivity contribution in [1.82, 2.24) is 34.3 Å². The van der Waals surface area contributed by atoms with Gasteiger partial charge in [0.25, 0.3) is 5.88 Å². The monoisotopic (exact) mass is 403 g/mol. The summed E-state index contributed by atoms with van der Waals surface area (Å²) < 4.78 is 22.7. The van der Waals surface area contributed by atoms with E-state index in [1.807, 2.05) is 36.8 Å². The summed E-state index contributed by atoms with van der Waals surface area (Å²) in [7, 11) is 5.61. The lowest BCUT2D eigenvalue weighted by molar-refractivity contribution is 0.358. The molecule has 156 valence electrons. The van der Waals surface area contributed by atoms with Crippen molar-refractivity contribution in [1.29, 1.82) is 0 Å². The van der Waals surface area contributed by atoms with Crippen LogP contribution >= 0.6 is 0 Å². The minimum atomic E-state index is -0.857. The Kier molecular flexibility index (Phi) is 5.22. The number of nitrogens with zero attached hydrogens (tertiary/aromatic N) is 8. The van der Waals surface area contributed by atoms with Crippen LogP contribution < -0.4 is 15.0 Å². The topological polar surface area (TPSA) is 88.6 Å². The van der Waals surface area contributed by atoms with Crippen molar-refractivity contribution in [3.8, 4) is 5.88 Å². The van der Waals surface area contributed by atoms with Crippen molar-refractivity contribution in [3.05, 3.63) is 18.1 Å². The van der Waals surface area contributed by atoms with Gasteiger partial charge in [-0.05, 0) is 27.4 Å². The van der Waals surface area contributed by atoms with Gasteiger partial charge in [0, 0.05) is 13.1 Å². The molecule has 29 heavy (non-hydrogen) atoms. The molecule has 0 amide bonds. The Morgan fingerprint density at radius 1 is 1.34 bits per heavy atom. The molecule has 1 N–H and O–H groups in total. The number of fused-ring (bicyclic) bond motifs is 1. The molecule has 0 aromatic carbocycles. The van der Waals surface area contributed by atoms with Crippen molar-refractivity contribution in [3.63, 3.8) is 0 Å². The van der Waals surface area contributed by atoms with E-state index in [1.54, 1.807) is 17.8 Å². The maximum absolute atomic E-state index is 13.7. The molecule has 3 aromatic rings. The van der Waals surface area contributed by atoms with Gasteiger partial charge in [-0.25, -0.2) is 13.9 Å². The zero-order valence-electron chi connectivity index (χ0n) is 17.1. The average Bonchev–Trinajstić information content (AvgIpc) is 3.39. The first-order valence-electron chi connectivity index (χ1n) is 9.59. The molecule has 4 heterocycles. The van der Waals surface area contributed by atoms with Crippen LogP contribution in [0.2, 0.25) is 0 Å². The van der Waals surface area contributed by atoms with E-state index in [4.69, 9.17) is 4.74 Å². The summed E-state index contributed by atoms with van der Waals surface area (Å²) in [6, 6.07) is 0. The van der Waals surface area contributed by atoms with Gasteiger partial charge < -0.3 is 19.9 Å². The Bertz CT molecular complexity index is 999. The standard InChI is InChI=1S/C18H26FN9O/c1-12-9-20-16-15(22-18(24-28(12)16)26-6-5-13(19)10-26)21-14-11-27(8-7-25(2)3)23-17(14)29-4/h9,11,13H,5-8,10H2,1-4H3,(H,21,22,24). The maximum atomic E-state index is 13.7. The molecule has 1 fully saturated rings. The number of imidazole rings is 1. The Balaban J connectivity index is 1.68. The summed E-state index contributed by atoms with van der Waals surface area (Å²) in [6.07, 6.45) is 3.24. The van der Waals surface area contributed by atoms with Gasteiger partial charge >= 0.3 is 0 Å². The van der Waals surface area contributed by atoms with E-state index in [0.29, 0.717) is 48.5 Å². The summed E-state index contributed by atoms with van der Waals surface area (Å²) in [5.41, 5.74) is 2.14. The van der Waals surface area contributed by atoms with Crippen LogP contribution in [0, 0.1) is 6.92 Å². The van der Waals surface area contributed by atoms with E-state index in [0.717, 1.165) is 18.8 Å². The lowest BCUT2D eigenvalue weighted by atomic mass is 10.3. The van der Waals surface area contributed by atoms with Gasteiger partial charge in [0.1, 0.15) is 11.9 Å². The Morgan fingerprint density at radius 2 is 2.17 bits per heavy atom. The second kappa shape index (κ2) is 7.82. The lowest BCUT2D eigenvalue weighted by Gasteiger charge is -2.16. The number of hydrogen-bond donors (Lipinski definition) is 1. The van der Waals surface area contributed by atoms with Gasteiger partial charge in [0.15, 0.2) is 11.5 Å². The fourth-order valence-electron chi connectivity index (χ4n) is 3.28. The van der Waals surface area contributed by atoms with Crippen molar-refractivity contribution in [2.75, 3.05) is 51.1 Å². The molecule has 0 bridgehead atoms. The van der Waals surface area contributed by atoms with E-state index in [1.165, 1.54) is 0 Å². The first-order valence-corrected chi connectivity index (χ1v) is 9.59. The number of nitrogens with one attached hydrogen (secondary N) is 1. The molecule has 11 heteroatoms. The van der Waals surface area contributed by atoms with Gasteiger partial charge in [0.2, 0.25) is 5.95 Å². The van der Waals surface area contributed by atoms with Crippen molar-refractivity contribution >= 4 is 23.1 Å². The highest BCUT2D eigenvalue weighted by Crippen LogP contribution is 2.29. The molecular weight excluding hydrogens is 377 g/mol. The first-order chi connectivity index (χ1) is 13.9. The van der Waals surface area contributed by atoms with Gasteiger partial charge in [-0.15, -0.1) is 10.2 Å². The highest BCUT2D eigenvalue weighted by Gasteiger charge is 2.26. The molecule has 4 rings (SSSR count). The number of ether oxygens (including phenoxy) is 1. The molecular formula is C18H26FN9O. The van der Waals surface area contributed by atoms with E-state index < -0.39 is 6.17 Å². The van der Waals surface area contributed by atoms with Gasteiger partial charge in [-0.1, -0.05) is 0 Å². The number of hydrogen-bond acceptors (Lipinski definition) is 8. The zero-order chi connectivity index (χ0) is 20.5. The summed E-state index contributed by atoms with van der Waals surface area (Å²) in [5.74, 6) is 1.46. The zero-order valence-corrected chi connectivity index (χ0v) is 17.1. The third-order valence-corrected chi connectivity index (χ3v) is 4.89. The number of anilines is 3. The number of aromatic nitrogens is 6. The van der Waals surface area contributed by atoms with Crippen molar-refractivity contribution in [2.45, 2.75) is 26.1 Å². The first kappa shape index (κ1) is 19.4. The third-order valence-electron chi connectivity index (χ3n) is 4.89. The van der Waals surface area contributed by atoms with Crippen LogP contribution in [-0.2, 0) is 6.54 Å². The molecule has 1 saturated heterocycles. The Labute approximate surface area is 168 Å². The van der Waals surface area contributed by atoms with E-state index >= 15 is 0 Å². The smallest absolute Gasteiger partial charge is 0.256 e.